The first-order valence-corrected chi connectivity index (χ1v) is 14.0. The van der Waals surface area contributed by atoms with Crippen LogP contribution in [0.25, 0.3) is 22.2 Å². The maximum Gasteiger partial charge on any atom is 0.228 e. The van der Waals surface area contributed by atoms with Gasteiger partial charge in [0.2, 0.25) is 5.95 Å². The number of hydrogen-bond acceptors (Lipinski definition) is 8. The molecule has 4 heterocycles. The molecule has 0 atom stereocenters. The number of morpholine rings is 2. The summed E-state index contributed by atoms with van der Waals surface area (Å²) in [5.41, 5.74) is 4.99. The Morgan fingerprint density at radius 3 is 2.38 bits per heavy atom. The average Bonchev–Trinajstić information content (AvgIpc) is 3.29. The van der Waals surface area contributed by atoms with E-state index in [1.807, 2.05) is 30.3 Å². The molecule has 9 nitrogen and oxygen atoms in total. The van der Waals surface area contributed by atoms with Gasteiger partial charge in [-0.3, -0.25) is 9.58 Å². The first-order chi connectivity index (χ1) is 19.1. The van der Waals surface area contributed by atoms with Crippen LogP contribution in [-0.2, 0) is 16.0 Å². The van der Waals surface area contributed by atoms with Crippen LogP contribution in [0, 0.1) is 6.92 Å². The number of ether oxygens (including phenoxy) is 2. The lowest BCUT2D eigenvalue weighted by Crippen LogP contribution is -2.37. The van der Waals surface area contributed by atoms with Crippen LogP contribution in [0.15, 0.2) is 48.5 Å². The second-order valence-corrected chi connectivity index (χ2v) is 10.5. The summed E-state index contributed by atoms with van der Waals surface area (Å²) in [6.45, 7) is 10.5. The first kappa shape index (κ1) is 26.0. The molecule has 0 bridgehead atoms. The maximum atomic E-state index is 6.09. The molecule has 2 aliphatic rings. The predicted octanol–water partition coefficient (Wildman–Crippen LogP) is 4.76. The van der Waals surface area contributed by atoms with Crippen molar-refractivity contribution in [2.24, 2.45) is 0 Å². The second kappa shape index (κ2) is 11.9. The summed E-state index contributed by atoms with van der Waals surface area (Å²) in [4.78, 5) is 14.5. The van der Waals surface area contributed by atoms with Crippen molar-refractivity contribution in [3.63, 3.8) is 0 Å². The van der Waals surface area contributed by atoms with E-state index < -0.39 is 0 Å². The van der Waals surface area contributed by atoms with Gasteiger partial charge in [0.05, 0.1) is 43.3 Å². The highest BCUT2D eigenvalue weighted by Crippen LogP contribution is 2.29. The standard InChI is InChI=1S/C29H34ClN7O2/c1-21-25-8-3-22(19-27(25)37(34-21)10-2-9-35-11-15-38-16-12-35)26-20-28(31-24-6-4-23(30)5-7-24)33-29(32-26)36-13-17-39-18-14-36/h3-8,19-20H,2,9-18H2,1H3,(H,31,32,33). The molecule has 204 valence electrons. The molecule has 0 aliphatic carbocycles. The van der Waals surface area contributed by atoms with Crippen LogP contribution in [0.5, 0.6) is 0 Å². The average molecular weight is 548 g/mol. The molecule has 0 saturated carbocycles. The van der Waals surface area contributed by atoms with Gasteiger partial charge in [-0.15, -0.1) is 0 Å². The van der Waals surface area contributed by atoms with Crippen molar-refractivity contribution in [1.82, 2.24) is 24.6 Å². The normalized spacial score (nSPS) is 16.6. The first-order valence-electron chi connectivity index (χ1n) is 13.6. The number of rotatable bonds is 8. The van der Waals surface area contributed by atoms with Crippen molar-refractivity contribution < 1.29 is 9.47 Å². The van der Waals surface area contributed by atoms with Gasteiger partial charge in [-0.2, -0.15) is 10.1 Å². The van der Waals surface area contributed by atoms with Gasteiger partial charge < -0.3 is 19.7 Å². The van der Waals surface area contributed by atoms with Crippen LogP contribution in [-0.4, -0.2) is 83.8 Å². The third-order valence-corrected chi connectivity index (χ3v) is 7.56. The maximum absolute atomic E-state index is 6.09. The van der Waals surface area contributed by atoms with E-state index in [1.54, 1.807) is 0 Å². The molecular formula is C29H34ClN7O2. The van der Waals surface area contributed by atoms with E-state index in [0.29, 0.717) is 24.2 Å². The van der Waals surface area contributed by atoms with Crippen LogP contribution < -0.4 is 10.2 Å². The van der Waals surface area contributed by atoms with E-state index in [4.69, 9.17) is 36.1 Å². The van der Waals surface area contributed by atoms with Crippen molar-refractivity contribution in [3.05, 3.63) is 59.2 Å². The highest BCUT2D eigenvalue weighted by Gasteiger charge is 2.18. The van der Waals surface area contributed by atoms with E-state index in [9.17, 15) is 0 Å². The van der Waals surface area contributed by atoms with Crippen LogP contribution >= 0.6 is 11.6 Å². The zero-order valence-corrected chi connectivity index (χ0v) is 23.0. The van der Waals surface area contributed by atoms with Gasteiger partial charge in [-0.05, 0) is 43.7 Å². The SMILES string of the molecule is Cc1nn(CCCN2CCOCC2)c2cc(-c3cc(Nc4ccc(Cl)cc4)nc(N4CCOCC4)n3)ccc12. The minimum Gasteiger partial charge on any atom is -0.379 e. The van der Waals surface area contributed by atoms with Crippen LogP contribution in [0.3, 0.4) is 0 Å². The zero-order chi connectivity index (χ0) is 26.6. The number of benzene rings is 2. The Morgan fingerprint density at radius 2 is 1.62 bits per heavy atom. The summed E-state index contributed by atoms with van der Waals surface area (Å²) < 4.78 is 13.2. The summed E-state index contributed by atoms with van der Waals surface area (Å²) in [7, 11) is 0. The molecule has 0 radical (unpaired) electrons. The quantitative estimate of drug-likeness (QED) is 0.338. The molecule has 2 fully saturated rings. The van der Waals surface area contributed by atoms with Crippen molar-refractivity contribution in [2.75, 3.05) is 69.4 Å². The lowest BCUT2D eigenvalue weighted by Gasteiger charge is -2.27. The summed E-state index contributed by atoms with van der Waals surface area (Å²) in [5.74, 6) is 1.43. The Labute approximate surface area is 233 Å². The van der Waals surface area contributed by atoms with Gasteiger partial charge in [-0.1, -0.05) is 23.7 Å². The van der Waals surface area contributed by atoms with Crippen molar-refractivity contribution in [2.45, 2.75) is 19.9 Å². The van der Waals surface area contributed by atoms with Crippen molar-refractivity contribution >= 4 is 40.0 Å². The summed E-state index contributed by atoms with van der Waals surface area (Å²) in [6, 6.07) is 16.1. The fraction of sp³-hybridized carbons (Fsp3) is 0.414. The number of aryl methyl sites for hydroxylation is 2. The molecule has 6 rings (SSSR count). The molecule has 0 amide bonds. The molecule has 2 aromatic carbocycles. The molecule has 39 heavy (non-hydrogen) atoms. The number of hydrogen-bond donors (Lipinski definition) is 1. The highest BCUT2D eigenvalue weighted by molar-refractivity contribution is 6.30. The van der Waals surface area contributed by atoms with E-state index in [0.717, 1.165) is 92.9 Å². The number of fused-ring (bicyclic) bond motifs is 1. The highest BCUT2D eigenvalue weighted by atomic mass is 35.5. The Balaban J connectivity index is 1.30. The lowest BCUT2D eigenvalue weighted by molar-refractivity contribution is 0.0368. The molecule has 4 aromatic rings. The lowest BCUT2D eigenvalue weighted by atomic mass is 10.1. The molecular weight excluding hydrogens is 514 g/mol. The number of anilines is 3. The van der Waals surface area contributed by atoms with Gasteiger partial charge in [0.15, 0.2) is 0 Å². The molecule has 2 saturated heterocycles. The molecule has 10 heteroatoms. The van der Waals surface area contributed by atoms with E-state index in [1.165, 1.54) is 5.39 Å². The summed E-state index contributed by atoms with van der Waals surface area (Å²) >= 11 is 6.09. The minimum atomic E-state index is 0.669. The van der Waals surface area contributed by atoms with Crippen LogP contribution in [0.1, 0.15) is 12.1 Å². The van der Waals surface area contributed by atoms with Crippen molar-refractivity contribution in [3.8, 4) is 11.3 Å². The van der Waals surface area contributed by atoms with Gasteiger partial charge in [0.1, 0.15) is 5.82 Å². The fourth-order valence-electron chi connectivity index (χ4n) is 5.17. The topological polar surface area (TPSA) is 80.6 Å². The van der Waals surface area contributed by atoms with Gasteiger partial charge in [0, 0.05) is 67.0 Å². The van der Waals surface area contributed by atoms with E-state index in [2.05, 4.69) is 44.9 Å². The number of halogens is 1. The fourth-order valence-corrected chi connectivity index (χ4v) is 5.30. The third kappa shape index (κ3) is 6.17. The molecule has 2 aliphatic heterocycles. The van der Waals surface area contributed by atoms with E-state index >= 15 is 0 Å². The van der Waals surface area contributed by atoms with Gasteiger partial charge in [0.25, 0.3) is 0 Å². The Bertz CT molecular complexity index is 1410. The Morgan fingerprint density at radius 1 is 0.872 bits per heavy atom. The van der Waals surface area contributed by atoms with E-state index in [-0.39, 0.29) is 0 Å². The number of nitrogens with zero attached hydrogens (tertiary/aromatic N) is 6. The van der Waals surface area contributed by atoms with Crippen LogP contribution in [0.2, 0.25) is 5.02 Å². The van der Waals surface area contributed by atoms with Crippen molar-refractivity contribution in [1.29, 1.82) is 0 Å². The Kier molecular flexibility index (Phi) is 7.92. The van der Waals surface area contributed by atoms with Crippen LogP contribution in [0.4, 0.5) is 17.5 Å². The second-order valence-electron chi connectivity index (χ2n) is 10.0. The molecule has 2 aromatic heterocycles. The molecule has 0 spiro atoms. The smallest absolute Gasteiger partial charge is 0.228 e. The predicted molar refractivity (Wildman–Crippen MR) is 155 cm³/mol. The molecule has 1 N–H and O–H groups in total. The minimum absolute atomic E-state index is 0.669. The molecule has 0 unspecified atom stereocenters. The monoisotopic (exact) mass is 547 g/mol. The third-order valence-electron chi connectivity index (χ3n) is 7.30. The number of nitrogens with one attached hydrogen (secondary N) is 1. The van der Waals surface area contributed by atoms with Gasteiger partial charge in [-0.25, -0.2) is 4.98 Å². The Hall–Kier alpha value is -3.24. The summed E-state index contributed by atoms with van der Waals surface area (Å²) in [6.07, 6.45) is 1.05. The summed E-state index contributed by atoms with van der Waals surface area (Å²) in [5, 5.41) is 10.2. The largest absolute Gasteiger partial charge is 0.379 e. The zero-order valence-electron chi connectivity index (χ0n) is 22.3. The number of aromatic nitrogens is 4. The van der Waals surface area contributed by atoms with Gasteiger partial charge >= 0.3 is 0 Å².